The number of nitrogens with two attached hydrogens (primary N) is 1. The highest BCUT2D eigenvalue weighted by Gasteiger charge is 2.12. The minimum absolute atomic E-state index is 0.294. The second-order valence-corrected chi connectivity index (χ2v) is 5.67. The lowest BCUT2D eigenvalue weighted by Crippen LogP contribution is -2.15. The van der Waals surface area contributed by atoms with E-state index in [1.807, 2.05) is 19.9 Å². The van der Waals surface area contributed by atoms with Crippen LogP contribution < -0.4 is 11.1 Å². The molecule has 0 aliphatic carbocycles. The summed E-state index contributed by atoms with van der Waals surface area (Å²) in [5.41, 5.74) is 9.67. The van der Waals surface area contributed by atoms with Crippen LogP contribution >= 0.6 is 35.4 Å². The molecule has 0 fully saturated rings. The summed E-state index contributed by atoms with van der Waals surface area (Å²) in [6, 6.07) is 7.12. The summed E-state index contributed by atoms with van der Waals surface area (Å²) in [6.07, 6.45) is 0. The first-order valence-corrected chi connectivity index (χ1v) is 7.05. The van der Waals surface area contributed by atoms with Crippen molar-refractivity contribution in [3.63, 3.8) is 0 Å². The van der Waals surface area contributed by atoms with E-state index in [1.54, 1.807) is 18.2 Å². The van der Waals surface area contributed by atoms with Crippen LogP contribution in [0.15, 0.2) is 24.3 Å². The Labute approximate surface area is 133 Å². The SMILES string of the molecule is Cc1cc(Nc2ccc(Cl)cc2Cl)c(C(N)=S)c(C)n1. The molecule has 1 heterocycles. The van der Waals surface area contributed by atoms with E-state index in [0.29, 0.717) is 15.0 Å². The molecule has 0 saturated heterocycles. The number of nitrogens with zero attached hydrogens (tertiary/aromatic N) is 1. The molecule has 2 rings (SSSR count). The lowest BCUT2D eigenvalue weighted by Gasteiger charge is -2.15. The van der Waals surface area contributed by atoms with Gasteiger partial charge in [-0.1, -0.05) is 35.4 Å². The Balaban J connectivity index is 2.50. The van der Waals surface area contributed by atoms with Crippen molar-refractivity contribution in [2.24, 2.45) is 5.73 Å². The van der Waals surface area contributed by atoms with Crippen molar-refractivity contribution in [1.29, 1.82) is 0 Å². The molecule has 0 bridgehead atoms. The van der Waals surface area contributed by atoms with Crippen LogP contribution in [0.5, 0.6) is 0 Å². The summed E-state index contributed by atoms with van der Waals surface area (Å²) in [5, 5.41) is 4.34. The normalized spacial score (nSPS) is 10.4. The first-order chi connectivity index (χ1) is 9.38. The number of hydrogen-bond acceptors (Lipinski definition) is 3. The van der Waals surface area contributed by atoms with Crippen LogP contribution in [-0.2, 0) is 0 Å². The molecule has 3 nitrogen and oxygen atoms in total. The van der Waals surface area contributed by atoms with Crippen molar-refractivity contribution in [3.8, 4) is 0 Å². The van der Waals surface area contributed by atoms with Crippen molar-refractivity contribution >= 4 is 51.8 Å². The zero-order valence-electron chi connectivity index (χ0n) is 11.0. The highest BCUT2D eigenvalue weighted by atomic mass is 35.5. The Morgan fingerprint density at radius 3 is 2.50 bits per heavy atom. The van der Waals surface area contributed by atoms with Gasteiger partial charge in [-0.3, -0.25) is 4.98 Å². The average molecular weight is 326 g/mol. The highest BCUT2D eigenvalue weighted by molar-refractivity contribution is 7.80. The van der Waals surface area contributed by atoms with E-state index in [4.69, 9.17) is 41.2 Å². The van der Waals surface area contributed by atoms with Crippen LogP contribution in [0.25, 0.3) is 0 Å². The Bertz CT molecular complexity index is 686. The molecule has 0 radical (unpaired) electrons. The monoisotopic (exact) mass is 325 g/mol. The van der Waals surface area contributed by atoms with E-state index >= 15 is 0 Å². The Morgan fingerprint density at radius 2 is 1.90 bits per heavy atom. The predicted molar refractivity (Wildman–Crippen MR) is 89.3 cm³/mol. The van der Waals surface area contributed by atoms with Gasteiger partial charge < -0.3 is 11.1 Å². The zero-order valence-corrected chi connectivity index (χ0v) is 13.3. The van der Waals surface area contributed by atoms with Crippen LogP contribution in [0, 0.1) is 13.8 Å². The van der Waals surface area contributed by atoms with E-state index in [1.165, 1.54) is 0 Å². The zero-order chi connectivity index (χ0) is 14.9. The molecule has 0 saturated carbocycles. The van der Waals surface area contributed by atoms with Crippen molar-refractivity contribution in [2.75, 3.05) is 5.32 Å². The van der Waals surface area contributed by atoms with Gasteiger partial charge in [0, 0.05) is 16.4 Å². The van der Waals surface area contributed by atoms with Crippen molar-refractivity contribution < 1.29 is 0 Å². The van der Waals surface area contributed by atoms with E-state index in [2.05, 4.69) is 10.3 Å². The third kappa shape index (κ3) is 3.20. The summed E-state index contributed by atoms with van der Waals surface area (Å²) < 4.78 is 0. The number of halogens is 2. The van der Waals surface area contributed by atoms with E-state index in [9.17, 15) is 0 Å². The second kappa shape index (κ2) is 5.95. The second-order valence-electron chi connectivity index (χ2n) is 4.39. The molecule has 2 aromatic rings. The van der Waals surface area contributed by atoms with Gasteiger partial charge in [-0.15, -0.1) is 0 Å². The number of pyridine rings is 1. The first kappa shape index (κ1) is 15.0. The van der Waals surface area contributed by atoms with Gasteiger partial charge in [0.1, 0.15) is 4.99 Å². The predicted octanol–water partition coefficient (Wildman–Crippen LogP) is 4.38. The topological polar surface area (TPSA) is 50.9 Å². The summed E-state index contributed by atoms with van der Waals surface area (Å²) >= 11 is 17.1. The number of thiocarbonyl (C=S) groups is 1. The molecule has 20 heavy (non-hydrogen) atoms. The molecule has 0 aliphatic heterocycles. The maximum Gasteiger partial charge on any atom is 0.107 e. The number of benzene rings is 1. The molecule has 1 aromatic heterocycles. The molecule has 3 N–H and O–H groups in total. The van der Waals surface area contributed by atoms with Gasteiger partial charge in [0.25, 0.3) is 0 Å². The summed E-state index contributed by atoms with van der Waals surface area (Å²) in [6.45, 7) is 3.78. The van der Waals surface area contributed by atoms with Gasteiger partial charge in [-0.25, -0.2) is 0 Å². The van der Waals surface area contributed by atoms with Gasteiger partial charge in [0.05, 0.1) is 22.0 Å². The third-order valence-corrected chi connectivity index (χ3v) is 3.53. The van der Waals surface area contributed by atoms with E-state index < -0.39 is 0 Å². The third-order valence-electron chi connectivity index (χ3n) is 2.78. The lowest BCUT2D eigenvalue weighted by molar-refractivity contribution is 1.12. The number of hydrogen-bond donors (Lipinski definition) is 2. The van der Waals surface area contributed by atoms with Crippen molar-refractivity contribution in [3.05, 3.63) is 51.3 Å². The molecule has 104 valence electrons. The quantitative estimate of drug-likeness (QED) is 0.822. The highest BCUT2D eigenvalue weighted by Crippen LogP contribution is 2.30. The van der Waals surface area contributed by atoms with Gasteiger partial charge in [0.15, 0.2) is 0 Å². The Morgan fingerprint density at radius 1 is 1.20 bits per heavy atom. The molecule has 0 spiro atoms. The van der Waals surface area contributed by atoms with Crippen LogP contribution in [0.2, 0.25) is 10.0 Å². The van der Waals surface area contributed by atoms with Crippen molar-refractivity contribution in [1.82, 2.24) is 4.98 Å². The Kier molecular flexibility index (Phi) is 4.48. The maximum absolute atomic E-state index is 6.16. The fourth-order valence-electron chi connectivity index (χ4n) is 1.97. The summed E-state index contributed by atoms with van der Waals surface area (Å²) in [7, 11) is 0. The maximum atomic E-state index is 6.16. The molecule has 0 atom stereocenters. The Hall–Kier alpha value is -1.36. The standard InChI is InChI=1S/C14H13Cl2N3S/c1-7-5-12(13(14(17)20)8(2)18-7)19-11-4-3-9(15)6-10(11)16/h3-6H,1-2H3,(H2,17,20)(H,18,19). The number of aryl methyl sites for hydroxylation is 2. The molecule has 0 unspecified atom stereocenters. The van der Waals surface area contributed by atoms with Crippen LogP contribution in [0.1, 0.15) is 17.0 Å². The van der Waals surface area contributed by atoms with Gasteiger partial charge in [0.2, 0.25) is 0 Å². The minimum atomic E-state index is 0.294. The number of aromatic nitrogens is 1. The van der Waals surface area contributed by atoms with Crippen LogP contribution in [0.3, 0.4) is 0 Å². The van der Waals surface area contributed by atoms with E-state index in [-0.39, 0.29) is 0 Å². The van der Waals surface area contributed by atoms with E-state index in [0.717, 1.165) is 28.3 Å². The smallest absolute Gasteiger partial charge is 0.107 e. The first-order valence-electron chi connectivity index (χ1n) is 5.88. The van der Waals surface area contributed by atoms with Crippen LogP contribution in [0.4, 0.5) is 11.4 Å². The number of anilines is 2. The number of rotatable bonds is 3. The van der Waals surface area contributed by atoms with Crippen molar-refractivity contribution in [2.45, 2.75) is 13.8 Å². The molecule has 6 heteroatoms. The number of nitrogens with one attached hydrogen (secondary N) is 1. The molecule has 0 aliphatic rings. The molecular formula is C14H13Cl2N3S. The lowest BCUT2D eigenvalue weighted by atomic mass is 10.1. The average Bonchev–Trinajstić information content (AvgIpc) is 2.31. The van der Waals surface area contributed by atoms with Gasteiger partial charge in [-0.05, 0) is 38.1 Å². The summed E-state index contributed by atoms with van der Waals surface area (Å²) in [4.78, 5) is 4.67. The fourth-order valence-corrected chi connectivity index (χ4v) is 2.69. The summed E-state index contributed by atoms with van der Waals surface area (Å²) in [5.74, 6) is 0. The van der Waals surface area contributed by atoms with Crippen LogP contribution in [-0.4, -0.2) is 9.97 Å². The molecule has 1 aromatic carbocycles. The molecule has 0 amide bonds. The molecular weight excluding hydrogens is 313 g/mol. The fraction of sp³-hybridized carbons (Fsp3) is 0.143. The van der Waals surface area contributed by atoms with Gasteiger partial charge in [-0.2, -0.15) is 0 Å². The van der Waals surface area contributed by atoms with Gasteiger partial charge >= 0.3 is 0 Å². The minimum Gasteiger partial charge on any atom is -0.389 e. The largest absolute Gasteiger partial charge is 0.389 e.